The Hall–Kier alpha value is -2.90. The Bertz CT molecular complexity index is 929. The van der Waals surface area contributed by atoms with Gasteiger partial charge in [-0.25, -0.2) is 0 Å². The van der Waals surface area contributed by atoms with Crippen molar-refractivity contribution < 1.29 is 19.4 Å². The minimum atomic E-state index is -1.34. The lowest BCUT2D eigenvalue weighted by Crippen LogP contribution is -2.30. The van der Waals surface area contributed by atoms with Crippen LogP contribution in [-0.4, -0.2) is 23.6 Å². The van der Waals surface area contributed by atoms with Gasteiger partial charge in [-0.05, 0) is 36.5 Å². The van der Waals surface area contributed by atoms with E-state index in [2.05, 4.69) is 5.32 Å². The topological polar surface area (TPSA) is 81.7 Å². The molecule has 1 aliphatic heterocycles. The highest BCUT2D eigenvalue weighted by atomic mass is 35.5. The van der Waals surface area contributed by atoms with Crippen LogP contribution in [-0.2, 0) is 9.59 Å². The predicted molar refractivity (Wildman–Crippen MR) is 99.6 cm³/mol. The number of nitrogens with zero attached hydrogens (tertiary/aromatic N) is 1. The number of rotatable bonds is 5. The average molecular weight is 388 g/mol. The number of halogens is 1. The van der Waals surface area contributed by atoms with E-state index in [9.17, 15) is 14.7 Å². The van der Waals surface area contributed by atoms with Crippen LogP contribution in [0.5, 0.6) is 5.75 Å². The lowest BCUT2D eigenvalue weighted by Gasteiger charge is -2.15. The number of thiocarbonyl (C=S) groups is 1. The van der Waals surface area contributed by atoms with Crippen molar-refractivity contribution in [3.05, 3.63) is 64.8 Å². The number of carboxylic acid groups (broad SMARTS) is 1. The molecule has 0 spiro atoms. The van der Waals surface area contributed by atoms with Crippen molar-refractivity contribution in [2.45, 2.75) is 0 Å². The number of carboxylic acids is 1. The molecule has 1 saturated heterocycles. The largest absolute Gasteiger partial charge is 0.546 e. The number of amides is 1. The summed E-state index contributed by atoms with van der Waals surface area (Å²) in [6.07, 6.45) is 1.54. The zero-order valence-electron chi connectivity index (χ0n) is 13.3. The lowest BCUT2D eigenvalue weighted by atomic mass is 10.1. The molecular formula is C18H12ClN2O4S-. The molecule has 0 unspecified atom stereocenters. The van der Waals surface area contributed by atoms with E-state index in [1.807, 2.05) is 0 Å². The fraction of sp³-hybridized carbons (Fsp3) is 0.0556. The first-order chi connectivity index (χ1) is 12.5. The molecule has 6 nitrogen and oxygen atoms in total. The van der Waals surface area contributed by atoms with Crippen LogP contribution < -0.4 is 20.1 Å². The monoisotopic (exact) mass is 387 g/mol. The van der Waals surface area contributed by atoms with Gasteiger partial charge >= 0.3 is 0 Å². The van der Waals surface area contributed by atoms with Crippen LogP contribution in [0.25, 0.3) is 6.08 Å². The maximum Gasteiger partial charge on any atom is 0.281 e. The van der Waals surface area contributed by atoms with Gasteiger partial charge in [0, 0.05) is 5.56 Å². The summed E-state index contributed by atoms with van der Waals surface area (Å²) in [4.78, 5) is 24.7. The van der Waals surface area contributed by atoms with Crippen LogP contribution in [0, 0.1) is 0 Å². The van der Waals surface area contributed by atoms with Gasteiger partial charge in [0.25, 0.3) is 5.91 Å². The summed E-state index contributed by atoms with van der Waals surface area (Å²) in [7, 11) is 0. The Kier molecular flexibility index (Phi) is 5.20. The van der Waals surface area contributed by atoms with Crippen molar-refractivity contribution in [2.24, 2.45) is 0 Å². The first kappa shape index (κ1) is 17.9. The van der Waals surface area contributed by atoms with Crippen molar-refractivity contribution in [1.29, 1.82) is 0 Å². The average Bonchev–Trinajstić information content (AvgIpc) is 2.88. The van der Waals surface area contributed by atoms with Crippen LogP contribution in [0.2, 0.25) is 5.02 Å². The highest BCUT2D eigenvalue weighted by molar-refractivity contribution is 7.80. The van der Waals surface area contributed by atoms with Crippen LogP contribution >= 0.6 is 23.8 Å². The smallest absolute Gasteiger partial charge is 0.281 e. The molecule has 0 aromatic heterocycles. The number of anilines is 1. The Morgan fingerprint density at radius 3 is 2.65 bits per heavy atom. The van der Waals surface area contributed by atoms with Crippen molar-refractivity contribution >= 4 is 52.6 Å². The molecule has 3 rings (SSSR count). The Balaban J connectivity index is 1.92. The fourth-order valence-corrected chi connectivity index (χ4v) is 2.92. The normalized spacial score (nSPS) is 15.3. The summed E-state index contributed by atoms with van der Waals surface area (Å²) < 4.78 is 5.19. The zero-order chi connectivity index (χ0) is 18.7. The Labute approximate surface area is 159 Å². The third-order valence-corrected chi connectivity index (χ3v) is 4.14. The molecule has 1 aliphatic rings. The van der Waals surface area contributed by atoms with Crippen LogP contribution in [0.1, 0.15) is 5.56 Å². The molecular weight excluding hydrogens is 376 g/mol. The molecule has 2 aromatic rings. The molecule has 0 bridgehead atoms. The molecule has 1 heterocycles. The number of carbonyl (C=O) groups excluding carboxylic acids is 2. The van der Waals surface area contributed by atoms with E-state index in [1.54, 1.807) is 48.5 Å². The number of para-hydroxylation sites is 2. The summed E-state index contributed by atoms with van der Waals surface area (Å²) in [5, 5.41) is 14.0. The van der Waals surface area contributed by atoms with E-state index in [0.29, 0.717) is 22.0 Å². The molecule has 0 saturated carbocycles. The maximum absolute atomic E-state index is 12.8. The first-order valence-corrected chi connectivity index (χ1v) is 8.29. The summed E-state index contributed by atoms with van der Waals surface area (Å²) in [6.45, 7) is -0.592. The quantitative estimate of drug-likeness (QED) is 0.621. The third kappa shape index (κ3) is 3.68. The molecule has 1 amide bonds. The summed E-state index contributed by atoms with van der Waals surface area (Å²) in [5.74, 6) is -1.41. The molecule has 26 heavy (non-hydrogen) atoms. The first-order valence-electron chi connectivity index (χ1n) is 7.50. The van der Waals surface area contributed by atoms with E-state index < -0.39 is 12.6 Å². The second-order valence-corrected chi connectivity index (χ2v) is 6.07. The van der Waals surface area contributed by atoms with Crippen LogP contribution in [0.15, 0.2) is 54.2 Å². The Morgan fingerprint density at radius 1 is 1.23 bits per heavy atom. The second-order valence-electron chi connectivity index (χ2n) is 5.28. The van der Waals surface area contributed by atoms with Crippen molar-refractivity contribution in [2.75, 3.05) is 11.5 Å². The van der Waals surface area contributed by atoms with E-state index in [1.165, 1.54) is 11.0 Å². The van der Waals surface area contributed by atoms with Gasteiger partial charge in [0.15, 0.2) is 5.11 Å². The van der Waals surface area contributed by atoms with Crippen LogP contribution in [0.3, 0.4) is 0 Å². The van der Waals surface area contributed by atoms with E-state index in [0.717, 1.165) is 0 Å². The van der Waals surface area contributed by atoms with Crippen molar-refractivity contribution in [1.82, 2.24) is 5.32 Å². The molecule has 2 aromatic carbocycles. The minimum absolute atomic E-state index is 0.197. The number of hydrogen-bond acceptors (Lipinski definition) is 5. The van der Waals surface area contributed by atoms with E-state index in [4.69, 9.17) is 28.6 Å². The standard InChI is InChI=1S/C18H13ClN2O4S/c19-12-6-2-3-7-14(12)21-17(24)13(20-18(21)26)9-11-5-1-4-8-15(11)25-10-16(22)23/h1-9H,10H2,(H,20,26)(H,22,23)/p-1/b13-9-. The highest BCUT2D eigenvalue weighted by Gasteiger charge is 2.33. The fourth-order valence-electron chi connectivity index (χ4n) is 2.41. The number of carbonyl (C=O) groups is 2. The van der Waals surface area contributed by atoms with Gasteiger partial charge in [0.1, 0.15) is 18.1 Å². The van der Waals surface area contributed by atoms with Gasteiger partial charge in [-0.1, -0.05) is 41.9 Å². The molecule has 0 radical (unpaired) electrons. The number of benzene rings is 2. The van der Waals surface area contributed by atoms with Gasteiger partial charge in [0.05, 0.1) is 16.7 Å². The zero-order valence-corrected chi connectivity index (χ0v) is 14.8. The Morgan fingerprint density at radius 2 is 1.92 bits per heavy atom. The van der Waals surface area contributed by atoms with Crippen LogP contribution in [0.4, 0.5) is 5.69 Å². The van der Waals surface area contributed by atoms with Gasteiger partial charge in [0.2, 0.25) is 0 Å². The maximum atomic E-state index is 12.8. The molecule has 0 aliphatic carbocycles. The summed E-state index contributed by atoms with van der Waals surface area (Å²) >= 11 is 11.4. The minimum Gasteiger partial charge on any atom is -0.546 e. The second kappa shape index (κ2) is 7.55. The molecule has 1 N–H and O–H groups in total. The molecule has 8 heteroatoms. The molecule has 1 fully saturated rings. The molecule has 0 atom stereocenters. The molecule has 132 valence electrons. The van der Waals surface area contributed by atoms with Crippen molar-refractivity contribution in [3.63, 3.8) is 0 Å². The van der Waals surface area contributed by atoms with Gasteiger partial charge in [-0.2, -0.15) is 0 Å². The number of ether oxygens (including phenoxy) is 1. The predicted octanol–water partition coefficient (Wildman–Crippen LogP) is 1.73. The van der Waals surface area contributed by atoms with Crippen molar-refractivity contribution in [3.8, 4) is 5.75 Å². The summed E-state index contributed by atoms with van der Waals surface area (Å²) in [6, 6.07) is 13.6. The lowest BCUT2D eigenvalue weighted by molar-refractivity contribution is -0.307. The van der Waals surface area contributed by atoms with Gasteiger partial charge in [-0.15, -0.1) is 0 Å². The SMILES string of the molecule is O=C([O-])COc1ccccc1/C=C1\NC(=S)N(c2ccccc2Cl)C1=O. The van der Waals surface area contributed by atoms with Gasteiger partial charge in [-0.3, -0.25) is 9.69 Å². The highest BCUT2D eigenvalue weighted by Crippen LogP contribution is 2.30. The van der Waals surface area contributed by atoms with Gasteiger partial charge < -0.3 is 20.0 Å². The van der Waals surface area contributed by atoms with E-state index >= 15 is 0 Å². The number of hydrogen-bond donors (Lipinski definition) is 1. The summed E-state index contributed by atoms with van der Waals surface area (Å²) in [5.41, 5.74) is 1.22. The van der Waals surface area contributed by atoms with E-state index in [-0.39, 0.29) is 16.7 Å². The number of aliphatic carboxylic acids is 1. The number of nitrogens with one attached hydrogen (secondary N) is 1. The third-order valence-electron chi connectivity index (χ3n) is 3.54.